The highest BCUT2D eigenvalue weighted by atomic mass is 16.5. The van der Waals surface area contributed by atoms with E-state index in [4.69, 9.17) is 4.74 Å². The Balaban J connectivity index is 1.95. The number of nitrogens with zero attached hydrogens (tertiary/aromatic N) is 4. The van der Waals surface area contributed by atoms with Gasteiger partial charge in [0.15, 0.2) is 5.75 Å². The van der Waals surface area contributed by atoms with Crippen LogP contribution in [0, 0.1) is 11.3 Å². The second kappa shape index (κ2) is 5.85. The summed E-state index contributed by atoms with van der Waals surface area (Å²) in [5.41, 5.74) is 2.03. The number of aliphatic imine (C=N–C) groups is 1. The Morgan fingerprint density at radius 3 is 3.05 bits per heavy atom. The number of nitriles is 1. The zero-order chi connectivity index (χ0) is 15.7. The monoisotopic (exact) mass is 299 g/mol. The number of piperidine rings is 1. The van der Waals surface area contributed by atoms with E-state index in [-0.39, 0.29) is 12.1 Å². The molecule has 2 aliphatic heterocycles. The maximum absolute atomic E-state index is 9.52. The number of rotatable bonds is 2. The van der Waals surface area contributed by atoms with Gasteiger partial charge in [0, 0.05) is 27.2 Å². The van der Waals surface area contributed by atoms with Gasteiger partial charge in [0.2, 0.25) is 0 Å². The first-order valence-corrected chi connectivity index (χ1v) is 7.48. The minimum absolute atomic E-state index is 0.115. The SMILES string of the molecule is CN(C)/C=N/c1ccc2c(c1C#N)O[C@H]1CCN(C)C[C@H]1N2. The van der Waals surface area contributed by atoms with Crippen LogP contribution >= 0.6 is 0 Å². The molecule has 22 heavy (non-hydrogen) atoms. The Hall–Kier alpha value is -2.26. The van der Waals surface area contributed by atoms with Gasteiger partial charge in [-0.1, -0.05) is 0 Å². The van der Waals surface area contributed by atoms with Crippen LogP contribution < -0.4 is 10.1 Å². The lowest BCUT2D eigenvalue weighted by Gasteiger charge is -2.41. The molecule has 0 saturated carbocycles. The molecule has 0 aromatic heterocycles. The maximum atomic E-state index is 9.52. The molecule has 2 heterocycles. The largest absolute Gasteiger partial charge is 0.485 e. The van der Waals surface area contributed by atoms with Crippen LogP contribution in [0.3, 0.4) is 0 Å². The van der Waals surface area contributed by atoms with Crippen LogP contribution in [0.25, 0.3) is 0 Å². The summed E-state index contributed by atoms with van der Waals surface area (Å²) in [4.78, 5) is 8.50. The van der Waals surface area contributed by atoms with Crippen molar-refractivity contribution in [2.75, 3.05) is 39.5 Å². The lowest BCUT2D eigenvalue weighted by Crippen LogP contribution is -2.53. The number of fused-ring (bicyclic) bond motifs is 2. The average molecular weight is 299 g/mol. The molecule has 2 aliphatic rings. The highest BCUT2D eigenvalue weighted by Gasteiger charge is 2.35. The van der Waals surface area contributed by atoms with E-state index in [1.807, 2.05) is 31.1 Å². The molecule has 1 aromatic carbocycles. The van der Waals surface area contributed by atoms with Gasteiger partial charge in [-0.2, -0.15) is 5.26 Å². The molecule has 6 heteroatoms. The zero-order valence-electron chi connectivity index (χ0n) is 13.2. The standard InChI is InChI=1S/C16H21N5O/c1-20(2)10-18-12-4-5-13-16(11(12)8-17)22-15-6-7-21(3)9-14(15)19-13/h4-5,10,14-15,19H,6-7,9H2,1-3H3/b18-10+/t14-,15+/m1/s1. The summed E-state index contributed by atoms with van der Waals surface area (Å²) < 4.78 is 6.15. The number of ether oxygens (including phenoxy) is 1. The second-order valence-corrected chi connectivity index (χ2v) is 6.11. The number of benzene rings is 1. The van der Waals surface area contributed by atoms with E-state index < -0.39 is 0 Å². The number of hydrogen-bond acceptors (Lipinski definition) is 5. The van der Waals surface area contributed by atoms with E-state index in [2.05, 4.69) is 28.3 Å². The predicted octanol–water partition coefficient (Wildman–Crippen LogP) is 1.66. The van der Waals surface area contributed by atoms with Crippen molar-refractivity contribution in [3.63, 3.8) is 0 Å². The predicted molar refractivity (Wildman–Crippen MR) is 86.9 cm³/mol. The lowest BCUT2D eigenvalue weighted by atomic mass is 9.98. The summed E-state index contributed by atoms with van der Waals surface area (Å²) in [7, 11) is 5.91. The van der Waals surface area contributed by atoms with Crippen molar-refractivity contribution in [1.82, 2.24) is 9.80 Å². The zero-order valence-corrected chi connectivity index (χ0v) is 13.2. The minimum Gasteiger partial charge on any atom is -0.485 e. The minimum atomic E-state index is 0.115. The van der Waals surface area contributed by atoms with E-state index in [1.54, 1.807) is 6.34 Å². The van der Waals surface area contributed by atoms with Crippen molar-refractivity contribution in [3.8, 4) is 11.8 Å². The Morgan fingerprint density at radius 2 is 2.32 bits per heavy atom. The quantitative estimate of drug-likeness (QED) is 0.664. The molecular weight excluding hydrogens is 278 g/mol. The molecule has 0 amide bonds. The highest BCUT2D eigenvalue weighted by Crippen LogP contribution is 2.40. The molecule has 1 fully saturated rings. The van der Waals surface area contributed by atoms with Crippen LogP contribution in [-0.2, 0) is 0 Å². The van der Waals surface area contributed by atoms with Crippen molar-refractivity contribution in [1.29, 1.82) is 5.26 Å². The fourth-order valence-corrected chi connectivity index (χ4v) is 2.93. The molecule has 0 unspecified atom stereocenters. The number of likely N-dealkylation sites (tertiary alicyclic amines) is 1. The second-order valence-electron chi connectivity index (χ2n) is 6.11. The first-order chi connectivity index (χ1) is 10.6. The number of likely N-dealkylation sites (N-methyl/N-ethyl adjacent to an activating group) is 1. The third-order valence-electron chi connectivity index (χ3n) is 4.04. The lowest BCUT2D eigenvalue weighted by molar-refractivity contribution is 0.0924. The summed E-state index contributed by atoms with van der Waals surface area (Å²) in [6, 6.07) is 6.33. The van der Waals surface area contributed by atoms with E-state index in [0.29, 0.717) is 17.0 Å². The fraction of sp³-hybridized carbons (Fsp3) is 0.500. The molecule has 1 N–H and O–H groups in total. The summed E-state index contributed by atoms with van der Waals surface area (Å²) in [5.74, 6) is 0.640. The molecule has 3 rings (SSSR count). The topological polar surface area (TPSA) is 63.9 Å². The molecule has 0 radical (unpaired) electrons. The van der Waals surface area contributed by atoms with Gasteiger partial charge >= 0.3 is 0 Å². The first kappa shape index (κ1) is 14.7. The summed E-state index contributed by atoms with van der Waals surface area (Å²) in [6.45, 7) is 1.96. The van der Waals surface area contributed by atoms with E-state index in [9.17, 15) is 5.26 Å². The highest BCUT2D eigenvalue weighted by molar-refractivity contribution is 5.75. The maximum Gasteiger partial charge on any atom is 0.162 e. The van der Waals surface area contributed by atoms with Crippen LogP contribution in [0.2, 0.25) is 0 Å². The van der Waals surface area contributed by atoms with Crippen LogP contribution in [0.15, 0.2) is 17.1 Å². The van der Waals surface area contributed by atoms with Crippen molar-refractivity contribution in [2.24, 2.45) is 4.99 Å². The smallest absolute Gasteiger partial charge is 0.162 e. The van der Waals surface area contributed by atoms with E-state index in [0.717, 1.165) is 25.2 Å². The van der Waals surface area contributed by atoms with Gasteiger partial charge in [-0.15, -0.1) is 0 Å². The summed E-state index contributed by atoms with van der Waals surface area (Å²) in [5, 5.41) is 13.0. The van der Waals surface area contributed by atoms with Gasteiger partial charge in [-0.25, -0.2) is 4.99 Å². The molecule has 2 atom stereocenters. The van der Waals surface area contributed by atoms with Gasteiger partial charge in [-0.05, 0) is 25.6 Å². The van der Waals surface area contributed by atoms with Crippen molar-refractivity contribution >= 4 is 17.7 Å². The Kier molecular flexibility index (Phi) is 3.90. The van der Waals surface area contributed by atoms with Crippen LogP contribution in [0.5, 0.6) is 5.75 Å². The van der Waals surface area contributed by atoms with Gasteiger partial charge < -0.3 is 19.9 Å². The molecular formula is C16H21N5O. The molecule has 116 valence electrons. The number of anilines is 1. The molecule has 0 aliphatic carbocycles. The fourth-order valence-electron chi connectivity index (χ4n) is 2.93. The third kappa shape index (κ3) is 2.72. The van der Waals surface area contributed by atoms with Gasteiger partial charge in [-0.3, -0.25) is 0 Å². The van der Waals surface area contributed by atoms with Gasteiger partial charge in [0.25, 0.3) is 0 Å². The number of nitrogens with one attached hydrogen (secondary N) is 1. The molecule has 6 nitrogen and oxygen atoms in total. The third-order valence-corrected chi connectivity index (χ3v) is 4.04. The number of hydrogen-bond donors (Lipinski definition) is 1. The Bertz CT molecular complexity index is 634. The van der Waals surface area contributed by atoms with Gasteiger partial charge in [0.05, 0.1) is 23.8 Å². The Labute approximate surface area is 131 Å². The van der Waals surface area contributed by atoms with Crippen LogP contribution in [0.4, 0.5) is 11.4 Å². The van der Waals surface area contributed by atoms with Gasteiger partial charge in [0.1, 0.15) is 17.7 Å². The molecule has 0 bridgehead atoms. The van der Waals surface area contributed by atoms with Crippen molar-refractivity contribution < 1.29 is 4.74 Å². The van der Waals surface area contributed by atoms with Crippen LogP contribution in [0.1, 0.15) is 12.0 Å². The van der Waals surface area contributed by atoms with E-state index >= 15 is 0 Å². The van der Waals surface area contributed by atoms with E-state index in [1.165, 1.54) is 0 Å². The average Bonchev–Trinajstić information content (AvgIpc) is 2.50. The Morgan fingerprint density at radius 1 is 1.50 bits per heavy atom. The van der Waals surface area contributed by atoms with Crippen LogP contribution in [-0.4, -0.2) is 62.5 Å². The molecule has 1 saturated heterocycles. The van der Waals surface area contributed by atoms with Crippen molar-refractivity contribution in [3.05, 3.63) is 17.7 Å². The summed E-state index contributed by atoms with van der Waals surface area (Å²) >= 11 is 0. The summed E-state index contributed by atoms with van der Waals surface area (Å²) in [6.07, 6.45) is 2.77. The van der Waals surface area contributed by atoms with Crippen molar-refractivity contribution in [2.45, 2.75) is 18.6 Å². The first-order valence-electron chi connectivity index (χ1n) is 7.48. The molecule has 1 aromatic rings. The molecule has 0 spiro atoms. The normalized spacial score (nSPS) is 23.9.